The van der Waals surface area contributed by atoms with Crippen molar-refractivity contribution in [3.8, 4) is 0 Å². The minimum Gasteiger partial charge on any atom is -0.381 e. The van der Waals surface area contributed by atoms with Crippen molar-refractivity contribution >= 4 is 22.9 Å². The lowest BCUT2D eigenvalue weighted by Gasteiger charge is -2.29. The van der Waals surface area contributed by atoms with Gasteiger partial charge in [-0.15, -0.1) is 11.3 Å². The van der Waals surface area contributed by atoms with Crippen LogP contribution in [0.2, 0.25) is 4.34 Å². The molecule has 1 fully saturated rings. The van der Waals surface area contributed by atoms with E-state index in [2.05, 4.69) is 18.3 Å². The molecule has 1 aromatic heterocycles. The molecule has 1 saturated heterocycles. The highest BCUT2D eigenvalue weighted by Crippen LogP contribution is 2.38. The topological polar surface area (TPSA) is 21.3 Å². The molecule has 1 aromatic rings. The van der Waals surface area contributed by atoms with Crippen LogP contribution < -0.4 is 5.32 Å². The summed E-state index contributed by atoms with van der Waals surface area (Å²) < 4.78 is 6.42. The number of aryl methyl sites for hydroxylation is 1. The minimum absolute atomic E-state index is 0.494. The van der Waals surface area contributed by atoms with E-state index in [0.717, 1.165) is 17.6 Å². The Morgan fingerprint density at radius 2 is 2.39 bits per heavy atom. The molecule has 100 valence electrons. The third kappa shape index (κ3) is 2.60. The Balaban J connectivity index is 1.69. The van der Waals surface area contributed by atoms with Crippen LogP contribution in [0.5, 0.6) is 0 Å². The minimum atomic E-state index is 0.494. The summed E-state index contributed by atoms with van der Waals surface area (Å²) in [6.45, 7) is 4.14. The standard InChI is InChI=1S/C14H20ClNOS/c1-9(10-5-6-17-8-10)16-12-3-2-4-13-11(12)7-14(15)18-13/h7,9-10,12,16H,2-6,8H2,1H3. The zero-order valence-electron chi connectivity index (χ0n) is 10.7. The summed E-state index contributed by atoms with van der Waals surface area (Å²) in [6.07, 6.45) is 4.90. The first kappa shape index (κ1) is 12.9. The van der Waals surface area contributed by atoms with Crippen LogP contribution in [0, 0.1) is 5.92 Å². The van der Waals surface area contributed by atoms with Gasteiger partial charge in [-0.3, -0.25) is 0 Å². The molecule has 0 bridgehead atoms. The zero-order valence-corrected chi connectivity index (χ0v) is 12.3. The Morgan fingerprint density at radius 3 is 3.17 bits per heavy atom. The van der Waals surface area contributed by atoms with E-state index >= 15 is 0 Å². The third-order valence-corrected chi connectivity index (χ3v) is 5.56. The number of halogens is 1. The third-order valence-electron chi connectivity index (χ3n) is 4.22. The van der Waals surface area contributed by atoms with E-state index in [9.17, 15) is 0 Å². The van der Waals surface area contributed by atoms with Gasteiger partial charge in [0.2, 0.25) is 0 Å². The molecule has 1 N–H and O–H groups in total. The van der Waals surface area contributed by atoms with Crippen molar-refractivity contribution in [2.75, 3.05) is 13.2 Å². The fourth-order valence-electron chi connectivity index (χ4n) is 3.09. The predicted octanol–water partition coefficient (Wildman–Crippen LogP) is 3.79. The number of ether oxygens (including phenoxy) is 1. The van der Waals surface area contributed by atoms with Crippen LogP contribution in [0.4, 0.5) is 0 Å². The monoisotopic (exact) mass is 285 g/mol. The highest BCUT2D eigenvalue weighted by molar-refractivity contribution is 7.16. The van der Waals surface area contributed by atoms with Crippen molar-refractivity contribution in [1.29, 1.82) is 0 Å². The van der Waals surface area contributed by atoms with Gasteiger partial charge in [-0.2, -0.15) is 0 Å². The Labute approximate surface area is 118 Å². The van der Waals surface area contributed by atoms with Crippen LogP contribution in [-0.2, 0) is 11.2 Å². The Bertz CT molecular complexity index is 414. The number of fused-ring (bicyclic) bond motifs is 1. The molecule has 1 aliphatic heterocycles. The highest BCUT2D eigenvalue weighted by Gasteiger charge is 2.28. The van der Waals surface area contributed by atoms with E-state index in [1.54, 1.807) is 11.3 Å². The average molecular weight is 286 g/mol. The van der Waals surface area contributed by atoms with E-state index in [1.807, 2.05) is 0 Å². The number of hydrogen-bond donors (Lipinski definition) is 1. The fraction of sp³-hybridized carbons (Fsp3) is 0.714. The summed E-state index contributed by atoms with van der Waals surface area (Å²) >= 11 is 7.90. The molecular weight excluding hydrogens is 266 g/mol. The van der Waals surface area contributed by atoms with Gasteiger partial charge >= 0.3 is 0 Å². The Kier molecular flexibility index (Phi) is 3.94. The summed E-state index contributed by atoms with van der Waals surface area (Å²) in [5.41, 5.74) is 1.45. The van der Waals surface area contributed by atoms with Crippen molar-refractivity contribution in [2.24, 2.45) is 5.92 Å². The molecule has 3 rings (SSSR count). The van der Waals surface area contributed by atoms with E-state index in [0.29, 0.717) is 18.0 Å². The van der Waals surface area contributed by atoms with E-state index in [4.69, 9.17) is 16.3 Å². The predicted molar refractivity (Wildman–Crippen MR) is 76.5 cm³/mol. The molecule has 4 heteroatoms. The fourth-order valence-corrected chi connectivity index (χ4v) is 4.48. The number of rotatable bonds is 3. The van der Waals surface area contributed by atoms with Gasteiger partial charge in [0, 0.05) is 23.6 Å². The lowest BCUT2D eigenvalue weighted by atomic mass is 9.91. The van der Waals surface area contributed by atoms with Crippen LogP contribution in [0.25, 0.3) is 0 Å². The van der Waals surface area contributed by atoms with Gasteiger partial charge in [0.15, 0.2) is 0 Å². The molecular formula is C14H20ClNOS. The highest BCUT2D eigenvalue weighted by atomic mass is 35.5. The summed E-state index contributed by atoms with van der Waals surface area (Å²) in [4.78, 5) is 1.48. The Hall–Kier alpha value is -0.0900. The van der Waals surface area contributed by atoms with Crippen molar-refractivity contribution in [2.45, 2.75) is 44.7 Å². The Morgan fingerprint density at radius 1 is 1.50 bits per heavy atom. The maximum absolute atomic E-state index is 6.15. The maximum Gasteiger partial charge on any atom is 0.0934 e. The second-order valence-electron chi connectivity index (χ2n) is 5.45. The first-order valence-electron chi connectivity index (χ1n) is 6.86. The quantitative estimate of drug-likeness (QED) is 0.912. The van der Waals surface area contributed by atoms with E-state index in [-0.39, 0.29) is 0 Å². The van der Waals surface area contributed by atoms with Crippen LogP contribution in [0.15, 0.2) is 6.07 Å². The summed E-state index contributed by atoms with van der Waals surface area (Å²) in [6, 6.07) is 3.19. The van der Waals surface area contributed by atoms with Gasteiger partial charge in [-0.1, -0.05) is 11.6 Å². The van der Waals surface area contributed by atoms with Gasteiger partial charge in [-0.05, 0) is 50.2 Å². The van der Waals surface area contributed by atoms with Crippen molar-refractivity contribution < 1.29 is 4.74 Å². The number of nitrogens with one attached hydrogen (secondary N) is 1. The number of thiophene rings is 1. The average Bonchev–Trinajstić information content (AvgIpc) is 2.96. The van der Waals surface area contributed by atoms with Crippen molar-refractivity contribution in [3.63, 3.8) is 0 Å². The van der Waals surface area contributed by atoms with Gasteiger partial charge in [0.05, 0.1) is 10.9 Å². The second kappa shape index (κ2) is 5.49. The van der Waals surface area contributed by atoms with Crippen LogP contribution in [0.3, 0.4) is 0 Å². The molecule has 2 heterocycles. The number of hydrogen-bond acceptors (Lipinski definition) is 3. The molecule has 0 amide bonds. The van der Waals surface area contributed by atoms with Gasteiger partial charge < -0.3 is 10.1 Å². The molecule has 0 aromatic carbocycles. The van der Waals surface area contributed by atoms with Gasteiger partial charge in [0.1, 0.15) is 0 Å². The first-order valence-corrected chi connectivity index (χ1v) is 8.05. The summed E-state index contributed by atoms with van der Waals surface area (Å²) in [5, 5.41) is 3.80. The maximum atomic E-state index is 6.15. The largest absolute Gasteiger partial charge is 0.381 e. The van der Waals surface area contributed by atoms with E-state index < -0.39 is 0 Å². The molecule has 0 saturated carbocycles. The molecule has 1 aliphatic carbocycles. The lowest BCUT2D eigenvalue weighted by molar-refractivity contribution is 0.176. The second-order valence-corrected chi connectivity index (χ2v) is 7.22. The van der Waals surface area contributed by atoms with Gasteiger partial charge in [0.25, 0.3) is 0 Å². The molecule has 0 spiro atoms. The van der Waals surface area contributed by atoms with Crippen LogP contribution >= 0.6 is 22.9 Å². The molecule has 18 heavy (non-hydrogen) atoms. The lowest BCUT2D eigenvalue weighted by Crippen LogP contribution is -2.37. The van der Waals surface area contributed by atoms with Crippen molar-refractivity contribution in [3.05, 3.63) is 20.8 Å². The summed E-state index contributed by atoms with van der Waals surface area (Å²) in [5.74, 6) is 0.671. The smallest absolute Gasteiger partial charge is 0.0934 e. The van der Waals surface area contributed by atoms with E-state index in [1.165, 1.54) is 36.1 Å². The first-order chi connectivity index (χ1) is 8.74. The molecule has 0 radical (unpaired) electrons. The van der Waals surface area contributed by atoms with Gasteiger partial charge in [-0.25, -0.2) is 0 Å². The zero-order chi connectivity index (χ0) is 12.5. The molecule has 3 atom stereocenters. The normalized spacial score (nSPS) is 29.2. The van der Waals surface area contributed by atoms with Crippen molar-refractivity contribution in [1.82, 2.24) is 5.32 Å². The van der Waals surface area contributed by atoms with Crippen LogP contribution in [0.1, 0.15) is 42.7 Å². The molecule has 2 aliphatic rings. The van der Waals surface area contributed by atoms with Crippen LogP contribution in [-0.4, -0.2) is 19.3 Å². The molecule has 3 unspecified atom stereocenters. The molecule has 2 nitrogen and oxygen atoms in total. The SMILES string of the molecule is CC(NC1CCCc2sc(Cl)cc21)C1CCOC1. The summed E-state index contributed by atoms with van der Waals surface area (Å²) in [7, 11) is 0.